The first-order valence-corrected chi connectivity index (χ1v) is 7.29. The summed E-state index contributed by atoms with van der Waals surface area (Å²) in [5, 5.41) is 3.40. The van der Waals surface area contributed by atoms with Gasteiger partial charge in [-0.2, -0.15) is 0 Å². The second-order valence-corrected chi connectivity index (χ2v) is 6.04. The van der Waals surface area contributed by atoms with Crippen LogP contribution in [-0.4, -0.2) is 12.3 Å². The van der Waals surface area contributed by atoms with Gasteiger partial charge in [0, 0.05) is 17.3 Å². The molecule has 1 N–H and O–H groups in total. The van der Waals surface area contributed by atoms with Gasteiger partial charge in [-0.15, -0.1) is 0 Å². The average molecular weight is 317 g/mol. The largest absolute Gasteiger partial charge is 0.497 e. The molecule has 0 atom stereocenters. The van der Waals surface area contributed by atoms with Gasteiger partial charge in [0.25, 0.3) is 5.17 Å². The Kier molecular flexibility index (Phi) is 3.53. The lowest BCUT2D eigenvalue weighted by Gasteiger charge is -2.34. The quantitative estimate of drug-likeness (QED) is 0.828. The number of ether oxygens (including phenoxy) is 2. The van der Waals surface area contributed by atoms with Crippen LogP contribution in [0.3, 0.4) is 0 Å². The number of hydrogen-bond acceptors (Lipinski definition) is 3. The zero-order valence-corrected chi connectivity index (χ0v) is 13.4. The van der Waals surface area contributed by atoms with Crippen LogP contribution in [0.2, 0.25) is 0 Å². The molecule has 0 spiro atoms. The first kappa shape index (κ1) is 14.8. The topological polar surface area (TPSA) is 30.5 Å². The molecule has 0 saturated heterocycles. The molecule has 3 rings (SSSR count). The summed E-state index contributed by atoms with van der Waals surface area (Å²) in [5.41, 5.74) is 2.99. The summed E-state index contributed by atoms with van der Waals surface area (Å²) in [4.78, 5) is 0. The number of nitrogens with one attached hydrogen (secondary N) is 1. The highest BCUT2D eigenvalue weighted by Gasteiger charge is 2.31. The van der Waals surface area contributed by atoms with Crippen LogP contribution in [-0.2, 0) is 10.3 Å². The molecule has 1 aliphatic rings. The van der Waals surface area contributed by atoms with Crippen LogP contribution in [0.5, 0.6) is 5.75 Å². The van der Waals surface area contributed by atoms with E-state index in [9.17, 15) is 4.39 Å². The highest BCUT2D eigenvalue weighted by atomic mass is 32.1. The molecule has 5 heteroatoms. The molecule has 1 heterocycles. The maximum atomic E-state index is 13.7. The van der Waals surface area contributed by atoms with E-state index in [-0.39, 0.29) is 5.82 Å². The van der Waals surface area contributed by atoms with Gasteiger partial charge < -0.3 is 14.8 Å². The van der Waals surface area contributed by atoms with Gasteiger partial charge in [0.1, 0.15) is 17.2 Å². The maximum Gasteiger partial charge on any atom is 0.262 e. The van der Waals surface area contributed by atoms with E-state index < -0.39 is 5.60 Å². The molecular weight excluding hydrogens is 301 g/mol. The summed E-state index contributed by atoms with van der Waals surface area (Å²) >= 11 is 5.11. The second kappa shape index (κ2) is 5.25. The normalized spacial score (nSPS) is 15.5. The van der Waals surface area contributed by atoms with Gasteiger partial charge in [0.15, 0.2) is 0 Å². The van der Waals surface area contributed by atoms with Crippen molar-refractivity contribution in [3.05, 3.63) is 47.8 Å². The molecular formula is C17H16FNO2S. The summed E-state index contributed by atoms with van der Waals surface area (Å²) < 4.78 is 24.5. The minimum Gasteiger partial charge on any atom is -0.497 e. The third-order valence-corrected chi connectivity index (χ3v) is 3.88. The van der Waals surface area contributed by atoms with E-state index in [0.717, 1.165) is 22.4 Å². The molecule has 0 unspecified atom stereocenters. The lowest BCUT2D eigenvalue weighted by molar-refractivity contribution is 0.0947. The Balaban J connectivity index is 2.11. The SMILES string of the molecule is COc1cc(F)cc(-c2ccc3c(c2)C(C)(C)OC(=S)N3)c1. The summed E-state index contributed by atoms with van der Waals surface area (Å²) in [6, 6.07) is 10.5. The first-order chi connectivity index (χ1) is 10.4. The number of fused-ring (bicyclic) bond motifs is 1. The van der Waals surface area contributed by atoms with Crippen LogP contribution in [0.4, 0.5) is 10.1 Å². The Labute approximate surface area is 134 Å². The predicted molar refractivity (Wildman–Crippen MR) is 88.7 cm³/mol. The number of anilines is 1. The van der Waals surface area contributed by atoms with E-state index in [1.165, 1.54) is 19.2 Å². The first-order valence-electron chi connectivity index (χ1n) is 6.88. The van der Waals surface area contributed by atoms with Crippen molar-refractivity contribution in [1.82, 2.24) is 0 Å². The van der Waals surface area contributed by atoms with Crippen molar-refractivity contribution in [1.29, 1.82) is 0 Å². The molecule has 0 aliphatic carbocycles. The third-order valence-electron chi connectivity index (χ3n) is 3.69. The molecule has 3 nitrogen and oxygen atoms in total. The van der Waals surface area contributed by atoms with Gasteiger partial charge in [-0.3, -0.25) is 0 Å². The van der Waals surface area contributed by atoms with E-state index >= 15 is 0 Å². The van der Waals surface area contributed by atoms with Gasteiger partial charge in [-0.1, -0.05) is 6.07 Å². The number of halogens is 1. The van der Waals surface area contributed by atoms with Crippen molar-refractivity contribution in [3.8, 4) is 16.9 Å². The van der Waals surface area contributed by atoms with Gasteiger partial charge in [0.2, 0.25) is 0 Å². The summed E-state index contributed by atoms with van der Waals surface area (Å²) in [5.74, 6) is 0.157. The van der Waals surface area contributed by atoms with E-state index in [1.54, 1.807) is 6.07 Å². The van der Waals surface area contributed by atoms with Crippen LogP contribution in [0.25, 0.3) is 11.1 Å². The molecule has 0 saturated carbocycles. The van der Waals surface area contributed by atoms with Crippen LogP contribution in [0, 0.1) is 5.82 Å². The summed E-state index contributed by atoms with van der Waals surface area (Å²) in [6.07, 6.45) is 0. The van der Waals surface area contributed by atoms with Crippen LogP contribution in [0.15, 0.2) is 36.4 Å². The minimum absolute atomic E-state index is 0.332. The Bertz CT molecular complexity index is 758. The van der Waals surface area contributed by atoms with Crippen LogP contribution in [0.1, 0.15) is 19.4 Å². The molecule has 0 aromatic heterocycles. The zero-order valence-electron chi connectivity index (χ0n) is 12.6. The molecule has 0 amide bonds. The summed E-state index contributed by atoms with van der Waals surface area (Å²) in [7, 11) is 1.52. The van der Waals surface area contributed by atoms with Crippen molar-refractivity contribution in [2.24, 2.45) is 0 Å². The van der Waals surface area contributed by atoms with Gasteiger partial charge >= 0.3 is 0 Å². The Morgan fingerprint density at radius 2 is 1.91 bits per heavy atom. The maximum absolute atomic E-state index is 13.7. The molecule has 0 fully saturated rings. The highest BCUT2D eigenvalue weighted by molar-refractivity contribution is 7.80. The van der Waals surface area contributed by atoms with E-state index in [2.05, 4.69) is 5.32 Å². The standard InChI is InChI=1S/C17H16FNO2S/c1-17(2)14-8-10(4-5-15(14)19-16(22)21-17)11-6-12(18)9-13(7-11)20-3/h4-9H,1-3H3,(H,19,22). The number of thiocarbonyl (C=S) groups is 1. The monoisotopic (exact) mass is 317 g/mol. The number of methoxy groups -OCH3 is 1. The van der Waals surface area contributed by atoms with Gasteiger partial charge in [-0.05, 0) is 61.5 Å². The molecule has 22 heavy (non-hydrogen) atoms. The second-order valence-electron chi connectivity index (χ2n) is 5.66. The van der Waals surface area contributed by atoms with Crippen LogP contribution >= 0.6 is 12.2 Å². The lowest BCUT2D eigenvalue weighted by atomic mass is 9.91. The predicted octanol–water partition coefficient (Wildman–Crippen LogP) is 4.46. The molecule has 114 valence electrons. The number of hydrogen-bond donors (Lipinski definition) is 1. The fraction of sp³-hybridized carbons (Fsp3) is 0.235. The molecule has 2 aromatic carbocycles. The lowest BCUT2D eigenvalue weighted by Crippen LogP contribution is -2.34. The number of benzene rings is 2. The van der Waals surface area contributed by atoms with Gasteiger partial charge in [0.05, 0.1) is 7.11 Å². The van der Waals surface area contributed by atoms with Crippen molar-refractivity contribution in [2.45, 2.75) is 19.4 Å². The fourth-order valence-electron chi connectivity index (χ4n) is 2.60. The summed E-state index contributed by atoms with van der Waals surface area (Å²) in [6.45, 7) is 3.91. The zero-order chi connectivity index (χ0) is 15.9. The molecule has 0 radical (unpaired) electrons. The van der Waals surface area contributed by atoms with E-state index in [0.29, 0.717) is 10.9 Å². The molecule has 0 bridgehead atoms. The number of rotatable bonds is 2. The highest BCUT2D eigenvalue weighted by Crippen LogP contribution is 2.38. The Morgan fingerprint density at radius 1 is 1.14 bits per heavy atom. The Hall–Kier alpha value is -2.14. The Morgan fingerprint density at radius 3 is 2.64 bits per heavy atom. The van der Waals surface area contributed by atoms with E-state index in [4.69, 9.17) is 21.7 Å². The van der Waals surface area contributed by atoms with Crippen molar-refractivity contribution in [2.75, 3.05) is 12.4 Å². The molecule has 1 aliphatic heterocycles. The fourth-order valence-corrected chi connectivity index (χ4v) is 2.92. The minimum atomic E-state index is -0.537. The molecule has 2 aromatic rings. The van der Waals surface area contributed by atoms with Crippen LogP contribution < -0.4 is 10.1 Å². The van der Waals surface area contributed by atoms with Gasteiger partial charge in [-0.25, -0.2) is 4.39 Å². The van der Waals surface area contributed by atoms with Crippen molar-refractivity contribution < 1.29 is 13.9 Å². The third kappa shape index (κ3) is 2.64. The smallest absolute Gasteiger partial charge is 0.262 e. The van der Waals surface area contributed by atoms with Crippen molar-refractivity contribution in [3.63, 3.8) is 0 Å². The average Bonchev–Trinajstić information content (AvgIpc) is 2.45. The van der Waals surface area contributed by atoms with Crippen molar-refractivity contribution >= 4 is 23.1 Å². The van der Waals surface area contributed by atoms with E-state index in [1.807, 2.05) is 32.0 Å².